The standard InChI is InChI=1S/C11H19ClN2O2/c1-14(9-5-3-2-4-6-9)11(16)8-13-10(15)7-12/h9H,2-8H2,1H3,(H,13,15). The summed E-state index contributed by atoms with van der Waals surface area (Å²) in [6.07, 6.45) is 5.80. The zero-order chi connectivity index (χ0) is 12.0. The Bertz CT molecular complexity index is 252. The Morgan fingerprint density at radius 2 is 1.94 bits per heavy atom. The molecule has 92 valence electrons. The highest BCUT2D eigenvalue weighted by atomic mass is 35.5. The monoisotopic (exact) mass is 246 g/mol. The minimum absolute atomic E-state index is 0.0367. The zero-order valence-electron chi connectivity index (χ0n) is 9.67. The Morgan fingerprint density at radius 1 is 1.31 bits per heavy atom. The molecule has 1 aliphatic carbocycles. The lowest BCUT2D eigenvalue weighted by atomic mass is 9.94. The predicted molar refractivity (Wildman–Crippen MR) is 63.4 cm³/mol. The van der Waals surface area contributed by atoms with Gasteiger partial charge in [-0.1, -0.05) is 19.3 Å². The van der Waals surface area contributed by atoms with Gasteiger partial charge in [0.25, 0.3) is 0 Å². The SMILES string of the molecule is CN(C(=O)CNC(=O)CCl)C1CCCCC1. The molecule has 0 unspecified atom stereocenters. The molecule has 0 aromatic rings. The molecule has 2 amide bonds. The lowest BCUT2D eigenvalue weighted by Gasteiger charge is -2.31. The summed E-state index contributed by atoms with van der Waals surface area (Å²) in [4.78, 5) is 24.4. The largest absolute Gasteiger partial charge is 0.346 e. The second-order valence-electron chi connectivity index (χ2n) is 4.21. The molecule has 0 aromatic carbocycles. The summed E-state index contributed by atoms with van der Waals surface area (Å²) in [5.74, 6) is -0.433. The second-order valence-corrected chi connectivity index (χ2v) is 4.47. The fourth-order valence-electron chi connectivity index (χ4n) is 2.02. The van der Waals surface area contributed by atoms with Gasteiger partial charge in [0, 0.05) is 13.1 Å². The molecule has 16 heavy (non-hydrogen) atoms. The van der Waals surface area contributed by atoms with Gasteiger partial charge in [0.1, 0.15) is 5.88 Å². The second kappa shape index (κ2) is 6.74. The third-order valence-corrected chi connectivity index (χ3v) is 3.32. The zero-order valence-corrected chi connectivity index (χ0v) is 10.4. The van der Waals surface area contributed by atoms with Crippen molar-refractivity contribution in [3.8, 4) is 0 Å². The van der Waals surface area contributed by atoms with Gasteiger partial charge in [-0.05, 0) is 12.8 Å². The highest BCUT2D eigenvalue weighted by Gasteiger charge is 2.21. The highest BCUT2D eigenvalue weighted by molar-refractivity contribution is 6.27. The van der Waals surface area contributed by atoms with Crippen molar-refractivity contribution in [2.45, 2.75) is 38.1 Å². The van der Waals surface area contributed by atoms with E-state index in [1.165, 1.54) is 19.3 Å². The van der Waals surface area contributed by atoms with Crippen LogP contribution in [0.3, 0.4) is 0 Å². The minimum atomic E-state index is -0.299. The smallest absolute Gasteiger partial charge is 0.241 e. The number of amides is 2. The van der Waals surface area contributed by atoms with E-state index >= 15 is 0 Å². The molecule has 0 aliphatic heterocycles. The van der Waals surface area contributed by atoms with Crippen LogP contribution in [0.1, 0.15) is 32.1 Å². The summed E-state index contributed by atoms with van der Waals surface area (Å²) >= 11 is 5.33. The molecule has 0 saturated heterocycles. The molecule has 4 nitrogen and oxygen atoms in total. The van der Waals surface area contributed by atoms with Crippen molar-refractivity contribution in [2.75, 3.05) is 19.5 Å². The molecule has 0 bridgehead atoms. The van der Waals surface area contributed by atoms with Crippen molar-refractivity contribution in [3.05, 3.63) is 0 Å². The summed E-state index contributed by atoms with van der Waals surface area (Å²) < 4.78 is 0. The van der Waals surface area contributed by atoms with Gasteiger partial charge < -0.3 is 10.2 Å². The minimum Gasteiger partial charge on any atom is -0.346 e. The average Bonchev–Trinajstić information content (AvgIpc) is 2.35. The predicted octanol–water partition coefficient (Wildman–Crippen LogP) is 1.13. The number of carbonyl (C=O) groups excluding carboxylic acids is 2. The molecule has 1 N–H and O–H groups in total. The van der Waals surface area contributed by atoms with Crippen LogP contribution >= 0.6 is 11.6 Å². The Balaban J connectivity index is 2.31. The third-order valence-electron chi connectivity index (χ3n) is 3.07. The molecule has 1 rings (SSSR count). The molecule has 0 atom stereocenters. The van der Waals surface area contributed by atoms with Gasteiger partial charge >= 0.3 is 0 Å². The highest BCUT2D eigenvalue weighted by Crippen LogP contribution is 2.21. The summed E-state index contributed by atoms with van der Waals surface area (Å²) in [6.45, 7) is 0.0541. The van der Waals surface area contributed by atoms with E-state index in [2.05, 4.69) is 5.32 Å². The van der Waals surface area contributed by atoms with Crippen molar-refractivity contribution in [1.29, 1.82) is 0 Å². The van der Waals surface area contributed by atoms with Crippen molar-refractivity contribution < 1.29 is 9.59 Å². The summed E-state index contributed by atoms with van der Waals surface area (Å²) in [5.41, 5.74) is 0. The van der Waals surface area contributed by atoms with Crippen LogP contribution in [-0.4, -0.2) is 42.2 Å². The number of nitrogens with one attached hydrogen (secondary N) is 1. The summed E-state index contributed by atoms with van der Waals surface area (Å²) in [5, 5.41) is 2.49. The fourth-order valence-corrected chi connectivity index (χ4v) is 2.11. The Labute approximate surface area is 101 Å². The van der Waals surface area contributed by atoms with Crippen molar-refractivity contribution >= 4 is 23.4 Å². The van der Waals surface area contributed by atoms with Gasteiger partial charge in [0.05, 0.1) is 6.54 Å². The van der Waals surface area contributed by atoms with Crippen molar-refractivity contribution in [2.24, 2.45) is 0 Å². The number of hydrogen-bond donors (Lipinski definition) is 1. The Morgan fingerprint density at radius 3 is 2.50 bits per heavy atom. The maximum absolute atomic E-state index is 11.7. The van der Waals surface area contributed by atoms with E-state index in [1.54, 1.807) is 4.90 Å². The van der Waals surface area contributed by atoms with Crippen molar-refractivity contribution in [1.82, 2.24) is 10.2 Å². The van der Waals surface area contributed by atoms with Crippen molar-refractivity contribution in [3.63, 3.8) is 0 Å². The van der Waals surface area contributed by atoms with E-state index in [-0.39, 0.29) is 24.2 Å². The van der Waals surface area contributed by atoms with Gasteiger partial charge in [0.2, 0.25) is 11.8 Å². The van der Waals surface area contributed by atoms with E-state index in [0.717, 1.165) is 12.8 Å². The number of rotatable bonds is 4. The number of hydrogen-bond acceptors (Lipinski definition) is 2. The first-order valence-corrected chi connectivity index (χ1v) is 6.27. The number of likely N-dealkylation sites (N-methyl/N-ethyl adjacent to an activating group) is 1. The van der Waals surface area contributed by atoms with Gasteiger partial charge in [-0.3, -0.25) is 9.59 Å². The van der Waals surface area contributed by atoms with Crippen LogP contribution < -0.4 is 5.32 Å². The molecule has 0 aromatic heterocycles. The van der Waals surface area contributed by atoms with Crippen LogP contribution in [0.2, 0.25) is 0 Å². The molecule has 1 fully saturated rings. The lowest BCUT2D eigenvalue weighted by Crippen LogP contribution is -2.44. The first kappa shape index (κ1) is 13.3. The van der Waals surface area contributed by atoms with Gasteiger partial charge in [0.15, 0.2) is 0 Å². The molecule has 1 aliphatic rings. The van der Waals surface area contributed by atoms with E-state index in [9.17, 15) is 9.59 Å². The number of halogens is 1. The van der Waals surface area contributed by atoms with E-state index in [0.29, 0.717) is 6.04 Å². The first-order valence-electron chi connectivity index (χ1n) is 5.73. The summed E-state index contributed by atoms with van der Waals surface area (Å²) in [7, 11) is 1.81. The topological polar surface area (TPSA) is 49.4 Å². The average molecular weight is 247 g/mol. The van der Waals surface area contributed by atoms with Gasteiger partial charge in [-0.15, -0.1) is 11.6 Å². The van der Waals surface area contributed by atoms with E-state index in [1.807, 2.05) is 7.05 Å². The third kappa shape index (κ3) is 4.00. The Kier molecular flexibility index (Phi) is 5.60. The number of alkyl halides is 1. The van der Waals surface area contributed by atoms with Crippen LogP contribution in [0.25, 0.3) is 0 Å². The number of carbonyl (C=O) groups is 2. The van der Waals surface area contributed by atoms with Crippen LogP contribution in [-0.2, 0) is 9.59 Å². The quantitative estimate of drug-likeness (QED) is 0.756. The fraction of sp³-hybridized carbons (Fsp3) is 0.818. The summed E-state index contributed by atoms with van der Waals surface area (Å²) in [6, 6.07) is 0.342. The molecular formula is C11H19ClN2O2. The number of nitrogens with zero attached hydrogens (tertiary/aromatic N) is 1. The van der Waals surface area contributed by atoms with Crippen LogP contribution in [0.5, 0.6) is 0 Å². The Hall–Kier alpha value is -0.770. The lowest BCUT2D eigenvalue weighted by molar-refractivity contribution is -0.133. The van der Waals surface area contributed by atoms with Crippen LogP contribution in [0, 0.1) is 0 Å². The van der Waals surface area contributed by atoms with Gasteiger partial charge in [-0.25, -0.2) is 0 Å². The first-order chi connectivity index (χ1) is 7.65. The van der Waals surface area contributed by atoms with Gasteiger partial charge in [-0.2, -0.15) is 0 Å². The molecule has 0 spiro atoms. The van der Waals surface area contributed by atoms with Crippen LogP contribution in [0.15, 0.2) is 0 Å². The molecule has 0 radical (unpaired) electrons. The van der Waals surface area contributed by atoms with Crippen LogP contribution in [0.4, 0.5) is 0 Å². The molecule has 1 saturated carbocycles. The normalized spacial score (nSPS) is 16.9. The molecular weight excluding hydrogens is 228 g/mol. The molecule has 5 heteroatoms. The van der Waals surface area contributed by atoms with E-state index < -0.39 is 0 Å². The molecule has 0 heterocycles. The maximum Gasteiger partial charge on any atom is 0.241 e. The van der Waals surface area contributed by atoms with E-state index in [4.69, 9.17) is 11.6 Å². The maximum atomic E-state index is 11.7.